The van der Waals surface area contributed by atoms with E-state index in [4.69, 9.17) is 0 Å². The first-order chi connectivity index (χ1) is 12.9. The van der Waals surface area contributed by atoms with Gasteiger partial charge in [0, 0.05) is 17.8 Å². The van der Waals surface area contributed by atoms with Crippen LogP contribution in [0.2, 0.25) is 0 Å². The van der Waals surface area contributed by atoms with Crippen LogP contribution >= 0.6 is 0 Å². The Morgan fingerprint density at radius 1 is 1.30 bits per heavy atom. The molecule has 3 rings (SSSR count). The second-order valence-electron chi connectivity index (χ2n) is 6.82. The number of aryl methyl sites for hydroxylation is 2. The van der Waals surface area contributed by atoms with Crippen molar-refractivity contribution in [3.63, 3.8) is 0 Å². The molecule has 1 amide bonds. The number of carbonyl (C=O) groups is 2. The lowest BCUT2D eigenvalue weighted by atomic mass is 9.79. The normalized spacial score (nSPS) is 19.6. The number of amides is 1. The summed E-state index contributed by atoms with van der Waals surface area (Å²) in [6, 6.07) is 3.08. The van der Waals surface area contributed by atoms with E-state index in [1.165, 1.54) is 10.7 Å². The van der Waals surface area contributed by atoms with Crippen LogP contribution in [-0.4, -0.2) is 36.7 Å². The molecule has 1 aliphatic carbocycles. The SMILES string of the molecule is CCc1cc(=O)[nH]c(-n2nc(C)cc2NC(=O)[C@@H]2CCCC[C@@H]2C(=O)O)n1. The van der Waals surface area contributed by atoms with Crippen molar-refractivity contribution in [3.05, 3.63) is 33.9 Å². The number of hydrogen-bond acceptors (Lipinski definition) is 5. The van der Waals surface area contributed by atoms with E-state index in [-0.39, 0.29) is 17.4 Å². The Kier molecular flexibility index (Phi) is 5.38. The molecular weight excluding hydrogens is 350 g/mol. The van der Waals surface area contributed by atoms with Gasteiger partial charge in [0.25, 0.3) is 5.56 Å². The summed E-state index contributed by atoms with van der Waals surface area (Å²) >= 11 is 0. The van der Waals surface area contributed by atoms with Gasteiger partial charge in [0.1, 0.15) is 5.82 Å². The molecule has 2 aromatic heterocycles. The molecule has 2 aromatic rings. The fourth-order valence-electron chi connectivity index (χ4n) is 3.48. The summed E-state index contributed by atoms with van der Waals surface area (Å²) in [4.78, 5) is 43.1. The molecule has 9 heteroatoms. The Morgan fingerprint density at radius 3 is 2.67 bits per heavy atom. The van der Waals surface area contributed by atoms with Crippen LogP contribution < -0.4 is 10.9 Å². The van der Waals surface area contributed by atoms with E-state index in [2.05, 4.69) is 20.4 Å². The fraction of sp³-hybridized carbons (Fsp3) is 0.500. The number of H-pyrrole nitrogens is 1. The topological polar surface area (TPSA) is 130 Å². The van der Waals surface area contributed by atoms with E-state index in [0.717, 1.165) is 12.8 Å². The molecular formula is C18H23N5O4. The van der Waals surface area contributed by atoms with Crippen LogP contribution in [0.25, 0.3) is 5.95 Å². The predicted octanol–water partition coefficient (Wildman–Crippen LogP) is 1.66. The first-order valence-corrected chi connectivity index (χ1v) is 9.10. The van der Waals surface area contributed by atoms with Gasteiger partial charge in [-0.1, -0.05) is 19.8 Å². The average molecular weight is 373 g/mol. The summed E-state index contributed by atoms with van der Waals surface area (Å²) in [5.74, 6) is -2.00. The van der Waals surface area contributed by atoms with Crippen molar-refractivity contribution in [1.29, 1.82) is 0 Å². The Balaban J connectivity index is 1.90. The maximum absolute atomic E-state index is 12.8. The Labute approximate surface area is 155 Å². The largest absolute Gasteiger partial charge is 0.481 e. The molecule has 2 atom stereocenters. The monoisotopic (exact) mass is 373 g/mol. The number of aromatic amines is 1. The highest BCUT2D eigenvalue weighted by atomic mass is 16.4. The smallest absolute Gasteiger partial charge is 0.307 e. The quantitative estimate of drug-likeness (QED) is 0.731. The third-order valence-corrected chi connectivity index (χ3v) is 4.85. The number of hydrogen-bond donors (Lipinski definition) is 3. The van der Waals surface area contributed by atoms with Crippen LogP contribution in [0.1, 0.15) is 44.0 Å². The molecule has 9 nitrogen and oxygen atoms in total. The van der Waals surface area contributed by atoms with E-state index in [0.29, 0.717) is 36.5 Å². The first kappa shape index (κ1) is 18.8. The summed E-state index contributed by atoms with van der Waals surface area (Å²) in [6.07, 6.45) is 3.26. The molecule has 0 aliphatic heterocycles. The third-order valence-electron chi connectivity index (χ3n) is 4.85. The molecule has 144 valence electrons. The van der Waals surface area contributed by atoms with E-state index in [9.17, 15) is 19.5 Å². The molecule has 0 saturated heterocycles. The van der Waals surface area contributed by atoms with Gasteiger partial charge >= 0.3 is 5.97 Å². The van der Waals surface area contributed by atoms with Crippen LogP contribution in [0.5, 0.6) is 0 Å². The Hall–Kier alpha value is -2.97. The van der Waals surface area contributed by atoms with E-state index < -0.39 is 17.8 Å². The highest BCUT2D eigenvalue weighted by Crippen LogP contribution is 2.31. The summed E-state index contributed by atoms with van der Waals surface area (Å²) in [6.45, 7) is 3.65. The summed E-state index contributed by atoms with van der Waals surface area (Å²) in [7, 11) is 0. The van der Waals surface area contributed by atoms with Gasteiger partial charge in [-0.3, -0.25) is 19.4 Å². The number of carboxylic acid groups (broad SMARTS) is 1. The fourth-order valence-corrected chi connectivity index (χ4v) is 3.48. The van der Waals surface area contributed by atoms with E-state index in [1.54, 1.807) is 13.0 Å². The van der Waals surface area contributed by atoms with Gasteiger partial charge in [0.05, 0.1) is 17.5 Å². The van der Waals surface area contributed by atoms with Crippen LogP contribution in [-0.2, 0) is 16.0 Å². The third kappa shape index (κ3) is 4.07. The minimum absolute atomic E-state index is 0.209. The zero-order valence-corrected chi connectivity index (χ0v) is 15.4. The molecule has 2 heterocycles. The molecule has 0 bridgehead atoms. The number of aliphatic carboxylic acids is 1. The van der Waals surface area contributed by atoms with Gasteiger partial charge < -0.3 is 10.4 Å². The van der Waals surface area contributed by atoms with Crippen LogP contribution in [0.15, 0.2) is 16.9 Å². The molecule has 3 N–H and O–H groups in total. The minimum atomic E-state index is -0.943. The number of carboxylic acids is 1. The Bertz CT molecular complexity index is 917. The summed E-state index contributed by atoms with van der Waals surface area (Å²) in [5, 5.41) is 16.5. The lowest BCUT2D eigenvalue weighted by Crippen LogP contribution is -2.36. The highest BCUT2D eigenvalue weighted by molar-refractivity contribution is 5.94. The van der Waals surface area contributed by atoms with Gasteiger partial charge in [-0.05, 0) is 26.2 Å². The first-order valence-electron chi connectivity index (χ1n) is 9.10. The number of carbonyl (C=O) groups excluding carboxylic acids is 1. The molecule has 27 heavy (non-hydrogen) atoms. The van der Waals surface area contributed by atoms with Crippen molar-refractivity contribution in [2.45, 2.75) is 46.0 Å². The number of aromatic nitrogens is 4. The second kappa shape index (κ2) is 7.73. The van der Waals surface area contributed by atoms with E-state index in [1.807, 2.05) is 6.92 Å². The van der Waals surface area contributed by atoms with Crippen molar-refractivity contribution in [2.24, 2.45) is 11.8 Å². The number of nitrogens with zero attached hydrogens (tertiary/aromatic N) is 3. The molecule has 1 fully saturated rings. The number of anilines is 1. The van der Waals surface area contributed by atoms with Gasteiger partial charge in [0.15, 0.2) is 0 Å². The highest BCUT2D eigenvalue weighted by Gasteiger charge is 2.36. The van der Waals surface area contributed by atoms with Gasteiger partial charge in [-0.25, -0.2) is 4.98 Å². The number of rotatable bonds is 5. The van der Waals surface area contributed by atoms with Gasteiger partial charge in [0.2, 0.25) is 11.9 Å². The maximum atomic E-state index is 12.8. The standard InChI is InChI=1S/C18H23N5O4/c1-3-11-9-15(24)21-18(19-11)23-14(8-10(2)22-23)20-16(25)12-6-4-5-7-13(12)17(26)27/h8-9,12-13H,3-7H2,1-2H3,(H,20,25)(H,26,27)(H,19,21,24)/t12-,13+/m1/s1. The predicted molar refractivity (Wildman–Crippen MR) is 97.8 cm³/mol. The van der Waals surface area contributed by atoms with Crippen LogP contribution in [0.4, 0.5) is 5.82 Å². The molecule has 1 saturated carbocycles. The second-order valence-corrected chi connectivity index (χ2v) is 6.82. The van der Waals surface area contributed by atoms with Crippen molar-refractivity contribution in [3.8, 4) is 5.95 Å². The summed E-state index contributed by atoms with van der Waals surface area (Å²) < 4.78 is 1.37. The molecule has 0 unspecified atom stereocenters. The molecule has 0 aromatic carbocycles. The molecule has 1 aliphatic rings. The van der Waals surface area contributed by atoms with E-state index >= 15 is 0 Å². The van der Waals surface area contributed by atoms with Gasteiger partial charge in [-0.2, -0.15) is 9.78 Å². The van der Waals surface area contributed by atoms with Crippen molar-refractivity contribution in [1.82, 2.24) is 19.7 Å². The zero-order chi connectivity index (χ0) is 19.6. The zero-order valence-electron chi connectivity index (χ0n) is 15.4. The lowest BCUT2D eigenvalue weighted by molar-refractivity contribution is -0.147. The van der Waals surface area contributed by atoms with Crippen LogP contribution in [0.3, 0.4) is 0 Å². The lowest BCUT2D eigenvalue weighted by Gasteiger charge is -2.27. The van der Waals surface area contributed by atoms with Gasteiger partial charge in [-0.15, -0.1) is 0 Å². The number of nitrogens with one attached hydrogen (secondary N) is 2. The minimum Gasteiger partial charge on any atom is -0.481 e. The maximum Gasteiger partial charge on any atom is 0.307 e. The molecule has 0 spiro atoms. The molecule has 0 radical (unpaired) electrons. The van der Waals surface area contributed by atoms with Crippen molar-refractivity contribution < 1.29 is 14.7 Å². The van der Waals surface area contributed by atoms with Crippen LogP contribution in [0, 0.1) is 18.8 Å². The van der Waals surface area contributed by atoms with Crippen molar-refractivity contribution in [2.75, 3.05) is 5.32 Å². The summed E-state index contributed by atoms with van der Waals surface area (Å²) in [5.41, 5.74) is 0.936. The average Bonchev–Trinajstić information content (AvgIpc) is 3.01. The Morgan fingerprint density at radius 2 is 2.00 bits per heavy atom. The van der Waals surface area contributed by atoms with Crippen molar-refractivity contribution >= 4 is 17.7 Å².